The number of nitrogens with one attached hydrogen (secondary N) is 1. The van der Waals surface area contributed by atoms with Crippen molar-refractivity contribution in [2.45, 2.75) is 32.4 Å². The predicted molar refractivity (Wildman–Crippen MR) is 83.4 cm³/mol. The average Bonchev–Trinajstić information content (AvgIpc) is 2.98. The SMILES string of the molecule is CC(C#N)Oc1ccc(CNCC2(CCO)CCOC2)cc1. The van der Waals surface area contributed by atoms with Crippen molar-refractivity contribution in [2.75, 3.05) is 26.4 Å². The number of nitriles is 1. The van der Waals surface area contributed by atoms with E-state index in [1.54, 1.807) is 6.92 Å². The number of nitrogens with zero attached hydrogens (tertiary/aromatic N) is 1. The van der Waals surface area contributed by atoms with E-state index in [1.807, 2.05) is 30.3 Å². The fraction of sp³-hybridized carbons (Fsp3) is 0.588. The topological polar surface area (TPSA) is 74.5 Å². The minimum absolute atomic E-state index is 0.0695. The zero-order valence-corrected chi connectivity index (χ0v) is 13.0. The molecule has 0 aromatic heterocycles. The lowest BCUT2D eigenvalue weighted by atomic mass is 9.84. The van der Waals surface area contributed by atoms with Crippen molar-refractivity contribution in [3.8, 4) is 11.8 Å². The van der Waals surface area contributed by atoms with Crippen molar-refractivity contribution in [3.63, 3.8) is 0 Å². The Hall–Kier alpha value is -1.61. The van der Waals surface area contributed by atoms with Gasteiger partial charge in [0.05, 0.1) is 6.61 Å². The average molecular weight is 304 g/mol. The molecule has 5 heteroatoms. The van der Waals surface area contributed by atoms with Crippen LogP contribution in [-0.4, -0.2) is 37.6 Å². The molecule has 1 heterocycles. The highest BCUT2D eigenvalue weighted by molar-refractivity contribution is 5.27. The van der Waals surface area contributed by atoms with Crippen LogP contribution in [0.25, 0.3) is 0 Å². The summed E-state index contributed by atoms with van der Waals surface area (Å²) in [5.41, 5.74) is 1.23. The number of rotatable bonds is 8. The van der Waals surface area contributed by atoms with Gasteiger partial charge < -0.3 is 19.9 Å². The minimum atomic E-state index is -0.440. The van der Waals surface area contributed by atoms with Gasteiger partial charge in [-0.3, -0.25) is 0 Å². The standard InChI is InChI=1S/C17H24N2O3/c1-14(10-18)22-16-4-2-15(3-5-16)11-19-12-17(6-8-20)7-9-21-13-17/h2-5,14,19-20H,6-9,11-13H2,1H3. The number of benzene rings is 1. The monoisotopic (exact) mass is 304 g/mol. The summed E-state index contributed by atoms with van der Waals surface area (Å²) in [5.74, 6) is 0.707. The van der Waals surface area contributed by atoms with E-state index in [2.05, 4.69) is 5.32 Å². The van der Waals surface area contributed by atoms with Crippen LogP contribution in [0.15, 0.2) is 24.3 Å². The Labute approximate surface area is 131 Å². The van der Waals surface area contributed by atoms with Gasteiger partial charge in [0.25, 0.3) is 0 Å². The molecule has 2 unspecified atom stereocenters. The summed E-state index contributed by atoms with van der Waals surface area (Å²) in [5, 5.41) is 21.4. The lowest BCUT2D eigenvalue weighted by Gasteiger charge is -2.26. The van der Waals surface area contributed by atoms with Crippen molar-refractivity contribution in [2.24, 2.45) is 5.41 Å². The van der Waals surface area contributed by atoms with Gasteiger partial charge in [0.2, 0.25) is 0 Å². The summed E-state index contributed by atoms with van der Waals surface area (Å²) in [6, 6.07) is 9.80. The van der Waals surface area contributed by atoms with Crippen molar-refractivity contribution in [3.05, 3.63) is 29.8 Å². The maximum absolute atomic E-state index is 9.21. The van der Waals surface area contributed by atoms with Gasteiger partial charge in [0, 0.05) is 31.7 Å². The third-order valence-electron chi connectivity index (χ3n) is 4.07. The Kier molecular flexibility index (Phi) is 6.20. The van der Waals surface area contributed by atoms with Crippen molar-refractivity contribution in [1.29, 1.82) is 5.26 Å². The lowest BCUT2D eigenvalue weighted by molar-refractivity contribution is 0.124. The summed E-state index contributed by atoms with van der Waals surface area (Å²) in [7, 11) is 0. The van der Waals surface area contributed by atoms with Crippen LogP contribution in [0.2, 0.25) is 0 Å². The van der Waals surface area contributed by atoms with E-state index >= 15 is 0 Å². The molecule has 5 nitrogen and oxygen atoms in total. The molecular weight excluding hydrogens is 280 g/mol. The molecule has 1 aromatic carbocycles. The van der Waals surface area contributed by atoms with Crippen molar-refractivity contribution >= 4 is 0 Å². The summed E-state index contributed by atoms with van der Waals surface area (Å²) in [4.78, 5) is 0. The van der Waals surface area contributed by atoms with E-state index in [4.69, 9.17) is 14.7 Å². The van der Waals surface area contributed by atoms with Crippen LogP contribution in [0.5, 0.6) is 5.75 Å². The molecule has 120 valence electrons. The molecule has 0 radical (unpaired) electrons. The number of hydrogen-bond acceptors (Lipinski definition) is 5. The Balaban J connectivity index is 1.80. The highest BCUT2D eigenvalue weighted by Crippen LogP contribution is 2.31. The van der Waals surface area contributed by atoms with Gasteiger partial charge in [0.15, 0.2) is 6.10 Å². The molecule has 2 atom stereocenters. The molecule has 22 heavy (non-hydrogen) atoms. The zero-order valence-electron chi connectivity index (χ0n) is 13.0. The zero-order chi connectivity index (χ0) is 15.8. The van der Waals surface area contributed by atoms with Crippen molar-refractivity contribution < 1.29 is 14.6 Å². The second kappa shape index (κ2) is 8.14. The molecule has 1 fully saturated rings. The first kappa shape index (κ1) is 16.8. The molecule has 0 spiro atoms. The van der Waals surface area contributed by atoms with Gasteiger partial charge in [-0.2, -0.15) is 5.26 Å². The van der Waals surface area contributed by atoms with Gasteiger partial charge in [-0.15, -0.1) is 0 Å². The number of aliphatic hydroxyl groups is 1. The van der Waals surface area contributed by atoms with Crippen LogP contribution in [0.3, 0.4) is 0 Å². The van der Waals surface area contributed by atoms with E-state index < -0.39 is 6.10 Å². The van der Waals surface area contributed by atoms with E-state index in [0.717, 1.165) is 44.7 Å². The smallest absolute Gasteiger partial charge is 0.181 e. The van der Waals surface area contributed by atoms with E-state index in [1.165, 1.54) is 0 Å². The largest absolute Gasteiger partial charge is 0.476 e. The van der Waals surface area contributed by atoms with Gasteiger partial charge >= 0.3 is 0 Å². The highest BCUT2D eigenvalue weighted by atomic mass is 16.5. The van der Waals surface area contributed by atoms with Crippen molar-refractivity contribution in [1.82, 2.24) is 5.32 Å². The summed E-state index contributed by atoms with van der Waals surface area (Å²) >= 11 is 0. The quantitative estimate of drug-likeness (QED) is 0.767. The van der Waals surface area contributed by atoms with E-state index in [9.17, 15) is 5.11 Å². The normalized spacial score (nSPS) is 22.2. The molecule has 2 N–H and O–H groups in total. The molecule has 0 amide bonds. The minimum Gasteiger partial charge on any atom is -0.476 e. The van der Waals surface area contributed by atoms with Crippen LogP contribution in [0, 0.1) is 16.7 Å². The van der Waals surface area contributed by atoms with Crippen LogP contribution in [-0.2, 0) is 11.3 Å². The van der Waals surface area contributed by atoms with Crippen LogP contribution < -0.4 is 10.1 Å². The van der Waals surface area contributed by atoms with E-state index in [0.29, 0.717) is 5.75 Å². The summed E-state index contributed by atoms with van der Waals surface area (Å²) in [6.45, 7) is 5.04. The third kappa shape index (κ3) is 4.70. The molecule has 1 aromatic rings. The maximum atomic E-state index is 9.21. The van der Waals surface area contributed by atoms with Crippen LogP contribution >= 0.6 is 0 Å². The molecule has 1 saturated heterocycles. The van der Waals surface area contributed by atoms with Gasteiger partial charge in [0.1, 0.15) is 11.8 Å². The first-order valence-electron chi connectivity index (χ1n) is 7.72. The second-order valence-electron chi connectivity index (χ2n) is 5.91. The Bertz CT molecular complexity index is 490. The van der Waals surface area contributed by atoms with Crippen LogP contribution in [0.4, 0.5) is 0 Å². The van der Waals surface area contributed by atoms with Gasteiger partial charge in [-0.05, 0) is 37.5 Å². The highest BCUT2D eigenvalue weighted by Gasteiger charge is 2.33. The second-order valence-corrected chi connectivity index (χ2v) is 5.91. The fourth-order valence-corrected chi connectivity index (χ4v) is 2.70. The number of aliphatic hydroxyl groups excluding tert-OH is 1. The van der Waals surface area contributed by atoms with E-state index in [-0.39, 0.29) is 12.0 Å². The molecule has 1 aliphatic heterocycles. The molecule has 0 aliphatic carbocycles. The number of ether oxygens (including phenoxy) is 2. The Morgan fingerprint density at radius 1 is 1.45 bits per heavy atom. The van der Waals surface area contributed by atoms with Gasteiger partial charge in [-0.1, -0.05) is 12.1 Å². The molecular formula is C17H24N2O3. The number of hydrogen-bond donors (Lipinski definition) is 2. The summed E-state index contributed by atoms with van der Waals surface area (Å²) in [6.07, 6.45) is 1.34. The third-order valence-corrected chi connectivity index (χ3v) is 4.07. The summed E-state index contributed by atoms with van der Waals surface area (Å²) < 4.78 is 10.9. The molecule has 1 aliphatic rings. The van der Waals surface area contributed by atoms with Gasteiger partial charge in [-0.25, -0.2) is 0 Å². The lowest BCUT2D eigenvalue weighted by Crippen LogP contribution is -2.35. The molecule has 0 bridgehead atoms. The molecule has 0 saturated carbocycles. The first-order valence-corrected chi connectivity index (χ1v) is 7.72. The molecule has 2 rings (SSSR count). The Morgan fingerprint density at radius 2 is 2.23 bits per heavy atom. The maximum Gasteiger partial charge on any atom is 0.181 e. The van der Waals surface area contributed by atoms with Crippen LogP contribution in [0.1, 0.15) is 25.3 Å². The Morgan fingerprint density at radius 3 is 2.82 bits per heavy atom. The first-order chi connectivity index (χ1) is 10.7. The predicted octanol–water partition coefficient (Wildman–Crippen LogP) is 1.86. The fourth-order valence-electron chi connectivity index (χ4n) is 2.70.